The average Bonchev–Trinajstić information content (AvgIpc) is 2.12. The Morgan fingerprint density at radius 1 is 0.889 bits per heavy atom. The minimum atomic E-state index is -1.59. The molecule has 0 saturated carbocycles. The van der Waals surface area contributed by atoms with E-state index in [1.165, 1.54) is 0 Å². The number of hydrogen-bond donors (Lipinski definition) is 4. The standard InChI is InChI=1S/C14H30O2S2/c1-6-11(7-8-12(2,3)17)14(15,16)10-9-13(4,5)18/h11,15-18H,6-10H2,1-5H3. The third-order valence-electron chi connectivity index (χ3n) is 3.36. The van der Waals surface area contributed by atoms with E-state index in [2.05, 4.69) is 39.1 Å². The molecule has 18 heavy (non-hydrogen) atoms. The molecule has 1 atom stereocenters. The zero-order valence-electron chi connectivity index (χ0n) is 12.4. The van der Waals surface area contributed by atoms with Crippen molar-refractivity contribution in [1.29, 1.82) is 0 Å². The summed E-state index contributed by atoms with van der Waals surface area (Å²) in [6.45, 7) is 10.1. The first-order valence-electron chi connectivity index (χ1n) is 6.77. The molecule has 0 bridgehead atoms. The van der Waals surface area contributed by atoms with Crippen LogP contribution in [0.15, 0.2) is 0 Å². The van der Waals surface area contributed by atoms with Crippen LogP contribution in [0.4, 0.5) is 0 Å². The fourth-order valence-corrected chi connectivity index (χ4v) is 2.22. The molecular weight excluding hydrogens is 264 g/mol. The largest absolute Gasteiger partial charge is 0.365 e. The van der Waals surface area contributed by atoms with Gasteiger partial charge in [-0.25, -0.2) is 0 Å². The van der Waals surface area contributed by atoms with E-state index in [4.69, 9.17) is 0 Å². The Hall–Kier alpha value is 0.620. The highest BCUT2D eigenvalue weighted by Gasteiger charge is 2.34. The van der Waals surface area contributed by atoms with E-state index in [9.17, 15) is 10.2 Å². The Labute approximate surface area is 123 Å². The highest BCUT2D eigenvalue weighted by molar-refractivity contribution is 7.81. The maximum absolute atomic E-state index is 10.2. The molecule has 0 amide bonds. The predicted molar refractivity (Wildman–Crippen MR) is 85.5 cm³/mol. The highest BCUT2D eigenvalue weighted by Crippen LogP contribution is 2.33. The van der Waals surface area contributed by atoms with Crippen LogP contribution >= 0.6 is 25.3 Å². The van der Waals surface area contributed by atoms with Crippen molar-refractivity contribution in [3.8, 4) is 0 Å². The lowest BCUT2D eigenvalue weighted by Crippen LogP contribution is -2.39. The van der Waals surface area contributed by atoms with Crippen LogP contribution in [0.5, 0.6) is 0 Å². The van der Waals surface area contributed by atoms with Crippen molar-refractivity contribution in [3.05, 3.63) is 0 Å². The van der Waals surface area contributed by atoms with Gasteiger partial charge in [0.1, 0.15) is 0 Å². The summed E-state index contributed by atoms with van der Waals surface area (Å²) in [6, 6.07) is 0. The molecule has 0 aliphatic carbocycles. The van der Waals surface area contributed by atoms with E-state index in [-0.39, 0.29) is 15.4 Å². The molecule has 2 nitrogen and oxygen atoms in total. The molecule has 0 radical (unpaired) electrons. The molecule has 0 heterocycles. The molecular formula is C14H30O2S2. The Bertz CT molecular complexity index is 239. The summed E-state index contributed by atoms with van der Waals surface area (Å²) in [5.74, 6) is -1.69. The number of thiol groups is 2. The minimum Gasteiger partial charge on any atom is -0.365 e. The molecule has 0 aliphatic rings. The average molecular weight is 295 g/mol. The van der Waals surface area contributed by atoms with Crippen molar-refractivity contribution < 1.29 is 10.2 Å². The van der Waals surface area contributed by atoms with Crippen LogP contribution in [0.2, 0.25) is 0 Å². The smallest absolute Gasteiger partial charge is 0.165 e. The second kappa shape index (κ2) is 6.87. The third-order valence-corrected chi connectivity index (χ3v) is 3.80. The zero-order chi connectivity index (χ0) is 14.6. The molecule has 0 rings (SSSR count). The molecule has 4 heteroatoms. The van der Waals surface area contributed by atoms with Crippen molar-refractivity contribution in [2.24, 2.45) is 5.92 Å². The molecule has 0 fully saturated rings. The topological polar surface area (TPSA) is 40.5 Å². The van der Waals surface area contributed by atoms with Gasteiger partial charge in [-0.05, 0) is 25.7 Å². The molecule has 0 spiro atoms. The fraction of sp³-hybridized carbons (Fsp3) is 1.00. The van der Waals surface area contributed by atoms with Crippen LogP contribution in [-0.2, 0) is 0 Å². The van der Waals surface area contributed by atoms with E-state index < -0.39 is 5.79 Å². The van der Waals surface area contributed by atoms with E-state index in [1.54, 1.807) is 0 Å². The summed E-state index contributed by atoms with van der Waals surface area (Å²) in [5.41, 5.74) is 0. The predicted octanol–water partition coefficient (Wildman–Crippen LogP) is 3.67. The molecule has 2 N–H and O–H groups in total. The fourth-order valence-electron chi connectivity index (χ4n) is 1.98. The molecule has 0 aromatic heterocycles. The summed E-state index contributed by atoms with van der Waals surface area (Å²) in [4.78, 5) is 0. The maximum atomic E-state index is 10.2. The first-order valence-corrected chi connectivity index (χ1v) is 7.66. The second-order valence-corrected chi connectivity index (χ2v) is 9.07. The Morgan fingerprint density at radius 3 is 1.67 bits per heavy atom. The van der Waals surface area contributed by atoms with Crippen molar-refractivity contribution in [2.75, 3.05) is 0 Å². The summed E-state index contributed by atoms with van der Waals surface area (Å²) in [5, 5.41) is 20.5. The van der Waals surface area contributed by atoms with E-state index in [0.29, 0.717) is 12.8 Å². The minimum absolute atomic E-state index is 0.0632. The Balaban J connectivity index is 4.42. The van der Waals surface area contributed by atoms with Crippen LogP contribution in [0, 0.1) is 5.92 Å². The second-order valence-electron chi connectivity index (χ2n) is 6.65. The van der Waals surface area contributed by atoms with Crippen LogP contribution < -0.4 is 0 Å². The van der Waals surface area contributed by atoms with Crippen molar-refractivity contribution in [3.63, 3.8) is 0 Å². The zero-order valence-corrected chi connectivity index (χ0v) is 14.2. The van der Waals surface area contributed by atoms with Gasteiger partial charge in [-0.1, -0.05) is 34.6 Å². The third kappa shape index (κ3) is 8.68. The summed E-state index contributed by atoms with van der Waals surface area (Å²) in [6.07, 6.45) is 3.48. The lowest BCUT2D eigenvalue weighted by atomic mass is 9.84. The summed E-state index contributed by atoms with van der Waals surface area (Å²) < 4.78 is -0.232. The summed E-state index contributed by atoms with van der Waals surface area (Å²) >= 11 is 8.91. The SMILES string of the molecule is CCC(CCC(C)(C)S)C(O)(O)CCC(C)(C)S. The molecule has 110 valence electrons. The summed E-state index contributed by atoms with van der Waals surface area (Å²) in [7, 11) is 0. The Kier molecular flexibility index (Phi) is 7.10. The van der Waals surface area contributed by atoms with Gasteiger partial charge >= 0.3 is 0 Å². The van der Waals surface area contributed by atoms with E-state index in [0.717, 1.165) is 19.3 Å². The normalized spacial score (nSPS) is 15.8. The molecule has 0 aromatic carbocycles. The van der Waals surface area contributed by atoms with E-state index in [1.807, 2.05) is 20.8 Å². The monoisotopic (exact) mass is 294 g/mol. The van der Waals surface area contributed by atoms with Gasteiger partial charge in [0, 0.05) is 21.8 Å². The first kappa shape index (κ1) is 18.6. The quantitative estimate of drug-likeness (QED) is 0.407. The molecule has 0 saturated heterocycles. The van der Waals surface area contributed by atoms with Gasteiger partial charge in [-0.3, -0.25) is 0 Å². The van der Waals surface area contributed by atoms with Crippen LogP contribution in [0.1, 0.15) is 66.7 Å². The maximum Gasteiger partial charge on any atom is 0.165 e. The van der Waals surface area contributed by atoms with Gasteiger partial charge in [0.05, 0.1) is 0 Å². The first-order chi connectivity index (χ1) is 7.87. The van der Waals surface area contributed by atoms with Gasteiger partial charge in [0.2, 0.25) is 0 Å². The van der Waals surface area contributed by atoms with Crippen molar-refractivity contribution in [1.82, 2.24) is 0 Å². The number of aliphatic hydroxyl groups is 2. The lowest BCUT2D eigenvalue weighted by Gasteiger charge is -2.34. The highest BCUT2D eigenvalue weighted by atomic mass is 32.1. The van der Waals surface area contributed by atoms with Gasteiger partial charge in [0.25, 0.3) is 0 Å². The van der Waals surface area contributed by atoms with Gasteiger partial charge in [-0.15, -0.1) is 0 Å². The van der Waals surface area contributed by atoms with Crippen LogP contribution in [0.25, 0.3) is 0 Å². The number of rotatable bonds is 8. The molecule has 0 aliphatic heterocycles. The van der Waals surface area contributed by atoms with Crippen molar-refractivity contribution in [2.45, 2.75) is 82.0 Å². The van der Waals surface area contributed by atoms with E-state index >= 15 is 0 Å². The van der Waals surface area contributed by atoms with Gasteiger partial charge in [0.15, 0.2) is 5.79 Å². The van der Waals surface area contributed by atoms with Crippen molar-refractivity contribution >= 4 is 25.3 Å². The molecule has 1 unspecified atom stereocenters. The lowest BCUT2D eigenvalue weighted by molar-refractivity contribution is -0.208. The number of hydrogen-bond acceptors (Lipinski definition) is 4. The van der Waals surface area contributed by atoms with Crippen LogP contribution in [-0.4, -0.2) is 25.5 Å². The molecule has 0 aromatic rings. The van der Waals surface area contributed by atoms with Crippen LogP contribution in [0.3, 0.4) is 0 Å². The van der Waals surface area contributed by atoms with Gasteiger partial charge in [-0.2, -0.15) is 25.3 Å². The van der Waals surface area contributed by atoms with Gasteiger partial charge < -0.3 is 10.2 Å². The Morgan fingerprint density at radius 2 is 1.33 bits per heavy atom.